The van der Waals surface area contributed by atoms with Crippen LogP contribution in [0.5, 0.6) is 0 Å². The molecule has 170 valence electrons. The predicted molar refractivity (Wildman–Crippen MR) is 128 cm³/mol. The zero-order valence-corrected chi connectivity index (χ0v) is 19.1. The first-order valence-electron chi connectivity index (χ1n) is 11.0. The number of carbonyl (C=O) groups is 2. The molecule has 2 heterocycles. The molecule has 1 unspecified atom stereocenters. The van der Waals surface area contributed by atoms with Gasteiger partial charge < -0.3 is 10.2 Å². The number of amides is 2. The minimum atomic E-state index is -0.351. The van der Waals surface area contributed by atoms with Crippen molar-refractivity contribution >= 4 is 11.8 Å². The molecule has 0 radical (unpaired) electrons. The molecule has 0 aliphatic carbocycles. The summed E-state index contributed by atoms with van der Waals surface area (Å²) in [6, 6.07) is 21.1. The molecule has 1 aliphatic rings. The highest BCUT2D eigenvalue weighted by Crippen LogP contribution is 2.31. The van der Waals surface area contributed by atoms with Crippen molar-refractivity contribution in [2.75, 3.05) is 18.7 Å². The lowest BCUT2D eigenvalue weighted by atomic mass is 9.97. The van der Waals surface area contributed by atoms with Crippen molar-refractivity contribution in [1.82, 2.24) is 14.9 Å². The summed E-state index contributed by atoms with van der Waals surface area (Å²) in [4.78, 5) is 39.8. The van der Waals surface area contributed by atoms with Crippen LogP contribution in [0.1, 0.15) is 46.6 Å². The van der Waals surface area contributed by atoms with Crippen molar-refractivity contribution in [3.05, 3.63) is 106 Å². The summed E-state index contributed by atoms with van der Waals surface area (Å²) in [5, 5.41) is 4.71. The SMILES string of the molecule is CNC(=O)CC(C)N1CN(C(c2ccccc2)c2ccccc2)n2ccc(=O)c(C)c2C1=O. The van der Waals surface area contributed by atoms with Crippen LogP contribution in [0.3, 0.4) is 0 Å². The maximum atomic E-state index is 13.6. The molecule has 3 aromatic rings. The van der Waals surface area contributed by atoms with Crippen LogP contribution in [0.2, 0.25) is 0 Å². The third kappa shape index (κ3) is 4.26. The maximum absolute atomic E-state index is 13.6. The first kappa shape index (κ1) is 22.3. The van der Waals surface area contributed by atoms with Crippen molar-refractivity contribution < 1.29 is 9.59 Å². The Labute approximate surface area is 193 Å². The molecule has 1 aromatic heterocycles. The van der Waals surface area contributed by atoms with Crippen LogP contribution in [-0.2, 0) is 4.79 Å². The summed E-state index contributed by atoms with van der Waals surface area (Å²) in [5.74, 6) is -0.394. The quantitative estimate of drug-likeness (QED) is 0.635. The van der Waals surface area contributed by atoms with Gasteiger partial charge in [0.2, 0.25) is 5.91 Å². The van der Waals surface area contributed by atoms with Crippen LogP contribution >= 0.6 is 0 Å². The van der Waals surface area contributed by atoms with E-state index in [0.29, 0.717) is 11.3 Å². The van der Waals surface area contributed by atoms with Crippen molar-refractivity contribution in [2.45, 2.75) is 32.4 Å². The lowest BCUT2D eigenvalue weighted by Gasteiger charge is -2.46. The Bertz CT molecular complexity index is 1170. The fourth-order valence-corrected chi connectivity index (χ4v) is 4.36. The molecule has 1 N–H and O–H groups in total. The van der Waals surface area contributed by atoms with Crippen LogP contribution in [0.4, 0.5) is 0 Å². The van der Waals surface area contributed by atoms with E-state index in [1.54, 1.807) is 29.7 Å². The summed E-state index contributed by atoms with van der Waals surface area (Å²) < 4.78 is 1.80. The van der Waals surface area contributed by atoms with Crippen molar-refractivity contribution in [3.63, 3.8) is 0 Å². The van der Waals surface area contributed by atoms with Gasteiger partial charge in [-0.15, -0.1) is 0 Å². The lowest BCUT2D eigenvalue weighted by molar-refractivity contribution is -0.121. The van der Waals surface area contributed by atoms with E-state index >= 15 is 0 Å². The number of nitrogens with one attached hydrogen (secondary N) is 1. The van der Waals surface area contributed by atoms with Gasteiger partial charge in [-0.3, -0.25) is 24.1 Å². The van der Waals surface area contributed by atoms with Gasteiger partial charge in [-0.2, -0.15) is 0 Å². The number of rotatable bonds is 6. The van der Waals surface area contributed by atoms with E-state index in [1.807, 2.05) is 43.3 Å². The molecule has 0 saturated heterocycles. The fraction of sp³-hybridized carbons (Fsp3) is 0.269. The Kier molecular flexibility index (Phi) is 6.31. The van der Waals surface area contributed by atoms with Crippen LogP contribution in [0.25, 0.3) is 0 Å². The number of fused-ring (bicyclic) bond motifs is 1. The van der Waals surface area contributed by atoms with E-state index in [-0.39, 0.29) is 42.4 Å². The number of carbonyl (C=O) groups excluding carboxylic acids is 2. The highest BCUT2D eigenvalue weighted by Gasteiger charge is 2.37. The summed E-state index contributed by atoms with van der Waals surface area (Å²) in [6.07, 6.45) is 1.84. The Morgan fingerprint density at radius 1 is 0.970 bits per heavy atom. The van der Waals surface area contributed by atoms with E-state index in [1.165, 1.54) is 6.07 Å². The average molecular weight is 445 g/mol. The van der Waals surface area contributed by atoms with Gasteiger partial charge >= 0.3 is 0 Å². The molecular formula is C26H28N4O3. The summed E-state index contributed by atoms with van der Waals surface area (Å²) in [6.45, 7) is 3.80. The molecule has 0 saturated carbocycles. The second kappa shape index (κ2) is 9.32. The normalized spacial score (nSPS) is 14.2. The monoisotopic (exact) mass is 444 g/mol. The first-order valence-corrected chi connectivity index (χ1v) is 11.0. The zero-order valence-electron chi connectivity index (χ0n) is 19.1. The second-order valence-corrected chi connectivity index (χ2v) is 8.30. The number of aromatic nitrogens is 1. The van der Waals surface area contributed by atoms with Crippen LogP contribution in [0.15, 0.2) is 77.7 Å². The van der Waals surface area contributed by atoms with Gasteiger partial charge in [0.1, 0.15) is 12.4 Å². The van der Waals surface area contributed by atoms with E-state index < -0.39 is 0 Å². The topological polar surface area (TPSA) is 74.7 Å². The molecule has 2 aromatic carbocycles. The molecule has 0 fully saturated rings. The highest BCUT2D eigenvalue weighted by molar-refractivity contribution is 5.95. The van der Waals surface area contributed by atoms with Gasteiger partial charge in [0.05, 0.1) is 6.04 Å². The minimum Gasteiger partial charge on any atom is -0.359 e. The number of pyridine rings is 1. The van der Waals surface area contributed by atoms with Crippen LogP contribution in [0, 0.1) is 6.92 Å². The van der Waals surface area contributed by atoms with E-state index in [4.69, 9.17) is 0 Å². The Hall–Kier alpha value is -3.87. The molecular weight excluding hydrogens is 416 g/mol. The summed E-state index contributed by atoms with van der Waals surface area (Å²) in [5.41, 5.74) is 2.64. The molecule has 4 rings (SSSR count). The predicted octanol–water partition coefficient (Wildman–Crippen LogP) is 2.82. The van der Waals surface area contributed by atoms with Crippen molar-refractivity contribution in [1.29, 1.82) is 0 Å². The first-order chi connectivity index (χ1) is 15.9. The third-order valence-corrected chi connectivity index (χ3v) is 6.18. The molecule has 1 aliphatic heterocycles. The minimum absolute atomic E-state index is 0.141. The maximum Gasteiger partial charge on any atom is 0.274 e. The van der Waals surface area contributed by atoms with Gasteiger partial charge in [-0.1, -0.05) is 60.7 Å². The zero-order chi connectivity index (χ0) is 23.5. The fourth-order valence-electron chi connectivity index (χ4n) is 4.36. The average Bonchev–Trinajstić information content (AvgIpc) is 2.83. The third-order valence-electron chi connectivity index (χ3n) is 6.18. The van der Waals surface area contributed by atoms with Crippen molar-refractivity contribution in [3.8, 4) is 0 Å². The highest BCUT2D eigenvalue weighted by atomic mass is 16.2. The molecule has 7 nitrogen and oxygen atoms in total. The Balaban J connectivity index is 1.89. The number of nitrogens with zero attached hydrogens (tertiary/aromatic N) is 3. The smallest absolute Gasteiger partial charge is 0.274 e. The van der Waals surface area contributed by atoms with Gasteiger partial charge in [-0.05, 0) is 25.0 Å². The van der Waals surface area contributed by atoms with Crippen LogP contribution in [-0.4, -0.2) is 41.1 Å². The molecule has 33 heavy (non-hydrogen) atoms. The Morgan fingerprint density at radius 3 is 2.09 bits per heavy atom. The van der Waals surface area contributed by atoms with Crippen molar-refractivity contribution in [2.24, 2.45) is 0 Å². The van der Waals surface area contributed by atoms with Gasteiger partial charge in [0.15, 0.2) is 5.43 Å². The number of benzene rings is 2. The standard InChI is InChI=1S/C26H28N4O3/c1-18(16-23(32)27-3)28-17-30(29-15-14-22(31)19(2)24(29)26(28)33)25(20-10-6-4-7-11-20)21-12-8-5-9-13-21/h4-15,18,25H,16-17H2,1-3H3,(H,27,32). The number of hydrogen-bond acceptors (Lipinski definition) is 4. The van der Waals surface area contributed by atoms with E-state index in [9.17, 15) is 14.4 Å². The largest absolute Gasteiger partial charge is 0.359 e. The van der Waals surface area contributed by atoms with E-state index in [2.05, 4.69) is 34.6 Å². The molecule has 2 amide bonds. The summed E-state index contributed by atoms with van der Waals surface area (Å²) in [7, 11) is 1.58. The molecule has 0 bridgehead atoms. The van der Waals surface area contributed by atoms with E-state index in [0.717, 1.165) is 11.1 Å². The van der Waals surface area contributed by atoms with Gasteiger partial charge in [-0.25, -0.2) is 0 Å². The molecule has 7 heteroatoms. The summed E-state index contributed by atoms with van der Waals surface area (Å²) >= 11 is 0. The Morgan fingerprint density at radius 2 is 1.55 bits per heavy atom. The second-order valence-electron chi connectivity index (χ2n) is 8.30. The number of hydrogen-bond donors (Lipinski definition) is 1. The molecule has 1 atom stereocenters. The van der Waals surface area contributed by atoms with Gasteiger partial charge in [0.25, 0.3) is 5.91 Å². The van der Waals surface area contributed by atoms with Gasteiger partial charge in [0, 0.05) is 37.3 Å². The lowest BCUT2D eigenvalue weighted by Crippen LogP contribution is -2.58. The van der Waals surface area contributed by atoms with Crippen LogP contribution < -0.4 is 15.8 Å². The molecule has 0 spiro atoms.